The number of hydrogen-bond donors (Lipinski definition) is 1. The lowest BCUT2D eigenvalue weighted by Gasteiger charge is -2.45. The minimum absolute atomic E-state index is 0. The highest BCUT2D eigenvalue weighted by molar-refractivity contribution is 5.93. The summed E-state index contributed by atoms with van der Waals surface area (Å²) < 4.78 is 0. The highest BCUT2D eigenvalue weighted by Crippen LogP contribution is 2.37. The molecule has 4 nitrogen and oxygen atoms in total. The number of para-hydroxylation sites is 1. The van der Waals surface area contributed by atoms with Gasteiger partial charge in [-0.05, 0) is 37.8 Å². The van der Waals surface area contributed by atoms with Crippen LogP contribution in [0.25, 0.3) is 0 Å². The minimum atomic E-state index is -0.342. The Labute approximate surface area is 182 Å². The van der Waals surface area contributed by atoms with E-state index in [-0.39, 0.29) is 23.9 Å². The summed E-state index contributed by atoms with van der Waals surface area (Å²) in [7, 11) is 0. The lowest BCUT2D eigenvalue weighted by molar-refractivity contribution is -0.125. The summed E-state index contributed by atoms with van der Waals surface area (Å²) in [5.74, 6) is 0.235. The number of hydrogen-bond acceptors (Lipinski definition) is 3. The monoisotopic (exact) mass is 419 g/mol. The fourth-order valence-corrected chi connectivity index (χ4v) is 5.62. The summed E-state index contributed by atoms with van der Waals surface area (Å²) >= 11 is 0. The van der Waals surface area contributed by atoms with Crippen LogP contribution in [0, 0.1) is 0 Å². The van der Waals surface area contributed by atoms with E-state index in [1.807, 2.05) is 6.07 Å². The summed E-state index contributed by atoms with van der Waals surface area (Å²) in [6, 6.07) is 11.2. The number of piperidine rings is 1. The van der Waals surface area contributed by atoms with E-state index in [1.54, 1.807) is 0 Å². The van der Waals surface area contributed by atoms with Gasteiger partial charge in [-0.15, -0.1) is 12.4 Å². The predicted octanol–water partition coefficient (Wildman–Crippen LogP) is 5.12. The number of anilines is 1. The van der Waals surface area contributed by atoms with Crippen molar-refractivity contribution in [2.24, 2.45) is 0 Å². The van der Waals surface area contributed by atoms with E-state index in [4.69, 9.17) is 0 Å². The quantitative estimate of drug-likeness (QED) is 0.722. The molecule has 0 radical (unpaired) electrons. The number of rotatable bonds is 2. The second-order valence-electron chi connectivity index (χ2n) is 9.05. The fourth-order valence-electron chi connectivity index (χ4n) is 5.62. The molecule has 0 aromatic heterocycles. The SMILES string of the molecule is Cl.O=C1NCN(c2ccccc2)C12CCN(C1CCCCCCCCCC1)CC2. The number of nitrogens with one attached hydrogen (secondary N) is 1. The lowest BCUT2D eigenvalue weighted by Crippen LogP contribution is -2.57. The van der Waals surface area contributed by atoms with Crippen molar-refractivity contribution in [3.05, 3.63) is 30.3 Å². The highest BCUT2D eigenvalue weighted by Gasteiger charge is 2.50. The van der Waals surface area contributed by atoms with Crippen LogP contribution in [0.15, 0.2) is 30.3 Å². The number of nitrogens with zero attached hydrogens (tertiary/aromatic N) is 2. The Kier molecular flexibility index (Phi) is 8.25. The molecule has 5 heteroatoms. The van der Waals surface area contributed by atoms with Crippen LogP contribution in [-0.2, 0) is 4.79 Å². The van der Waals surface area contributed by atoms with Gasteiger partial charge in [0.15, 0.2) is 0 Å². The molecule has 4 rings (SSSR count). The van der Waals surface area contributed by atoms with Crippen molar-refractivity contribution in [2.45, 2.75) is 88.6 Å². The van der Waals surface area contributed by atoms with E-state index in [2.05, 4.69) is 39.4 Å². The Bertz CT molecular complexity index is 618. The molecule has 0 atom stereocenters. The maximum absolute atomic E-state index is 12.9. The Hall–Kier alpha value is -1.26. The van der Waals surface area contributed by atoms with Gasteiger partial charge in [0.1, 0.15) is 5.54 Å². The third kappa shape index (κ3) is 5.08. The van der Waals surface area contributed by atoms with Crippen LogP contribution < -0.4 is 10.2 Å². The molecule has 0 bridgehead atoms. The van der Waals surface area contributed by atoms with Crippen molar-refractivity contribution in [3.8, 4) is 0 Å². The van der Waals surface area contributed by atoms with E-state index in [9.17, 15) is 4.79 Å². The van der Waals surface area contributed by atoms with Crippen molar-refractivity contribution in [1.82, 2.24) is 10.2 Å². The van der Waals surface area contributed by atoms with E-state index >= 15 is 0 Å². The smallest absolute Gasteiger partial charge is 0.247 e. The number of carbonyl (C=O) groups is 1. The van der Waals surface area contributed by atoms with Crippen LogP contribution in [0.5, 0.6) is 0 Å². The van der Waals surface area contributed by atoms with Crippen molar-refractivity contribution in [1.29, 1.82) is 0 Å². The molecule has 1 saturated carbocycles. The molecule has 1 aromatic rings. The molecule has 1 amide bonds. The summed E-state index contributed by atoms with van der Waals surface area (Å²) in [6.07, 6.45) is 15.9. The van der Waals surface area contributed by atoms with E-state index < -0.39 is 0 Å². The zero-order valence-electron chi connectivity index (χ0n) is 17.8. The van der Waals surface area contributed by atoms with Gasteiger partial charge in [0.2, 0.25) is 5.91 Å². The molecule has 29 heavy (non-hydrogen) atoms. The van der Waals surface area contributed by atoms with Crippen LogP contribution >= 0.6 is 12.4 Å². The summed E-state index contributed by atoms with van der Waals surface area (Å²) in [4.78, 5) is 17.9. The van der Waals surface area contributed by atoms with Gasteiger partial charge < -0.3 is 15.1 Å². The average molecular weight is 420 g/mol. The number of halogens is 1. The maximum atomic E-state index is 12.9. The van der Waals surface area contributed by atoms with Crippen LogP contribution in [0.3, 0.4) is 0 Å². The number of likely N-dealkylation sites (tertiary alicyclic amines) is 1. The van der Waals surface area contributed by atoms with Crippen molar-refractivity contribution < 1.29 is 4.79 Å². The molecule has 3 fully saturated rings. The molecule has 1 N–H and O–H groups in total. The zero-order valence-corrected chi connectivity index (χ0v) is 18.6. The minimum Gasteiger partial charge on any atom is -0.339 e. The van der Waals surface area contributed by atoms with Gasteiger partial charge in [-0.3, -0.25) is 4.79 Å². The normalized spacial score (nSPS) is 24.6. The Morgan fingerprint density at radius 3 is 1.97 bits per heavy atom. The molecule has 0 unspecified atom stereocenters. The Morgan fingerprint density at radius 1 is 0.828 bits per heavy atom. The van der Waals surface area contributed by atoms with Gasteiger partial charge in [-0.2, -0.15) is 0 Å². The molecule has 2 aliphatic heterocycles. The van der Waals surface area contributed by atoms with Gasteiger partial charge >= 0.3 is 0 Å². The number of carbonyl (C=O) groups excluding carboxylic acids is 1. The zero-order chi connectivity index (χ0) is 19.2. The van der Waals surface area contributed by atoms with Gasteiger partial charge in [0.05, 0.1) is 6.67 Å². The highest BCUT2D eigenvalue weighted by atomic mass is 35.5. The first kappa shape index (κ1) is 22.4. The third-order valence-electron chi connectivity index (χ3n) is 7.37. The second-order valence-corrected chi connectivity index (χ2v) is 9.05. The van der Waals surface area contributed by atoms with Crippen LogP contribution in [-0.4, -0.2) is 42.1 Å². The van der Waals surface area contributed by atoms with Crippen molar-refractivity contribution in [2.75, 3.05) is 24.7 Å². The lowest BCUT2D eigenvalue weighted by atomic mass is 9.84. The Balaban J connectivity index is 0.00000240. The molecule has 3 aliphatic rings. The van der Waals surface area contributed by atoms with E-state index in [0.29, 0.717) is 6.67 Å². The first-order valence-electron chi connectivity index (χ1n) is 11.6. The number of benzene rings is 1. The van der Waals surface area contributed by atoms with Crippen molar-refractivity contribution >= 4 is 24.0 Å². The first-order chi connectivity index (χ1) is 13.8. The molecule has 1 aliphatic carbocycles. The largest absolute Gasteiger partial charge is 0.339 e. The molecule has 2 heterocycles. The number of amides is 1. The molecular weight excluding hydrogens is 382 g/mol. The Morgan fingerprint density at radius 2 is 1.38 bits per heavy atom. The predicted molar refractivity (Wildman–Crippen MR) is 123 cm³/mol. The summed E-state index contributed by atoms with van der Waals surface area (Å²) in [6.45, 7) is 2.76. The van der Waals surface area contributed by atoms with Crippen molar-refractivity contribution in [3.63, 3.8) is 0 Å². The third-order valence-corrected chi connectivity index (χ3v) is 7.37. The first-order valence-corrected chi connectivity index (χ1v) is 11.6. The summed E-state index contributed by atoms with van der Waals surface area (Å²) in [5.41, 5.74) is 0.829. The van der Waals surface area contributed by atoms with Gasteiger partial charge in [-0.1, -0.05) is 69.6 Å². The molecule has 162 valence electrons. The summed E-state index contributed by atoms with van der Waals surface area (Å²) in [5, 5.41) is 3.13. The maximum Gasteiger partial charge on any atom is 0.247 e. The molecule has 2 saturated heterocycles. The standard InChI is InChI=1S/C24H37N3O.ClH/c28-23-24(27(20-25-23)22-14-10-7-11-15-22)16-18-26(19-17-24)21-12-8-5-3-1-2-4-6-9-13-21;/h7,10-11,14-15,21H,1-6,8-9,12-13,16-20H2,(H,25,28);1H. The average Bonchev–Trinajstić information content (AvgIpc) is 3.01. The fraction of sp³-hybridized carbons (Fsp3) is 0.708. The van der Waals surface area contributed by atoms with E-state index in [0.717, 1.165) is 32.0 Å². The molecule has 1 aromatic carbocycles. The van der Waals surface area contributed by atoms with Gasteiger partial charge in [0.25, 0.3) is 0 Å². The molecular formula is C24H38ClN3O. The van der Waals surface area contributed by atoms with Crippen LogP contribution in [0.2, 0.25) is 0 Å². The van der Waals surface area contributed by atoms with Crippen LogP contribution in [0.4, 0.5) is 5.69 Å². The van der Waals surface area contributed by atoms with E-state index in [1.165, 1.54) is 69.9 Å². The molecule has 1 spiro atoms. The second kappa shape index (κ2) is 10.7. The van der Waals surface area contributed by atoms with Gasteiger partial charge in [-0.25, -0.2) is 0 Å². The van der Waals surface area contributed by atoms with Gasteiger partial charge in [0, 0.05) is 24.8 Å². The topological polar surface area (TPSA) is 35.6 Å². The van der Waals surface area contributed by atoms with Crippen LogP contribution in [0.1, 0.15) is 77.0 Å².